The minimum Gasteiger partial charge on any atom is -0.396 e. The molecule has 2 N–H and O–H groups in total. The molecule has 0 aliphatic heterocycles. The van der Waals surface area contributed by atoms with Crippen molar-refractivity contribution < 1.29 is 0 Å². The first-order valence-corrected chi connectivity index (χ1v) is 7.15. The Labute approximate surface area is 128 Å². The average Bonchev–Trinajstić information content (AvgIpc) is 2.82. The van der Waals surface area contributed by atoms with Crippen LogP contribution in [0.1, 0.15) is 26.3 Å². The topological polar surface area (TPSA) is 56.2 Å². The van der Waals surface area contributed by atoms with Gasteiger partial charge in [0.1, 0.15) is 0 Å². The van der Waals surface area contributed by atoms with Crippen LogP contribution < -0.4 is 5.73 Å². The fraction of sp³-hybridized carbons (Fsp3) is 0.250. The van der Waals surface area contributed by atoms with E-state index in [4.69, 9.17) is 17.3 Å². The molecule has 0 spiro atoms. The molecule has 0 saturated heterocycles. The summed E-state index contributed by atoms with van der Waals surface area (Å²) >= 11 is 6.07. The number of benzene rings is 1. The van der Waals surface area contributed by atoms with Crippen LogP contribution in [-0.2, 0) is 5.41 Å². The van der Waals surface area contributed by atoms with Gasteiger partial charge in [-0.1, -0.05) is 56.6 Å². The molecule has 0 unspecified atom stereocenters. The molecule has 0 atom stereocenters. The summed E-state index contributed by atoms with van der Waals surface area (Å²) in [5.74, 6) is 0.736. The number of halogens is 1. The van der Waals surface area contributed by atoms with Gasteiger partial charge in [-0.25, -0.2) is 0 Å². The molecule has 2 aromatic heterocycles. The van der Waals surface area contributed by atoms with E-state index in [1.165, 1.54) is 5.56 Å². The van der Waals surface area contributed by atoms with E-state index in [2.05, 4.69) is 43.1 Å². The molecule has 0 aliphatic carbocycles. The summed E-state index contributed by atoms with van der Waals surface area (Å²) in [5.41, 5.74) is 9.45. The quantitative estimate of drug-likeness (QED) is 0.741. The zero-order valence-electron chi connectivity index (χ0n) is 12.3. The number of nitrogens with zero attached hydrogens (tertiary/aromatic N) is 3. The number of hydrogen-bond acceptors (Lipinski definition) is 3. The van der Waals surface area contributed by atoms with E-state index in [9.17, 15) is 0 Å². The normalized spacial score (nSPS) is 12.0. The summed E-state index contributed by atoms with van der Waals surface area (Å²) in [6, 6.07) is 10.0. The average molecular weight is 301 g/mol. The molecule has 108 valence electrons. The van der Waals surface area contributed by atoms with Gasteiger partial charge in [0.05, 0.1) is 10.7 Å². The molecule has 3 rings (SSSR count). The number of hydrogen-bond donors (Lipinski definition) is 1. The first-order valence-electron chi connectivity index (χ1n) is 6.77. The zero-order valence-corrected chi connectivity index (χ0v) is 13.0. The van der Waals surface area contributed by atoms with Crippen LogP contribution in [0.5, 0.6) is 0 Å². The van der Waals surface area contributed by atoms with Crippen LogP contribution >= 0.6 is 11.6 Å². The number of nitrogens with two attached hydrogens (primary N) is 1. The molecular weight excluding hydrogens is 284 g/mol. The summed E-state index contributed by atoms with van der Waals surface area (Å²) in [5, 5.41) is 8.93. The highest BCUT2D eigenvalue weighted by atomic mass is 35.5. The smallest absolute Gasteiger partial charge is 0.184 e. The monoisotopic (exact) mass is 300 g/mol. The first kappa shape index (κ1) is 13.9. The summed E-state index contributed by atoms with van der Waals surface area (Å²) in [6.07, 6.45) is 1.78. The van der Waals surface area contributed by atoms with Gasteiger partial charge in [-0.15, -0.1) is 10.2 Å². The molecule has 2 heterocycles. The van der Waals surface area contributed by atoms with Crippen LogP contribution in [0.4, 0.5) is 5.69 Å². The Bertz CT molecular complexity index is 797. The molecule has 5 heteroatoms. The van der Waals surface area contributed by atoms with Crippen LogP contribution in [0.3, 0.4) is 0 Å². The molecule has 0 fully saturated rings. The molecular formula is C16H17ClN4. The van der Waals surface area contributed by atoms with Crippen molar-refractivity contribution in [2.24, 2.45) is 0 Å². The Morgan fingerprint density at radius 2 is 1.76 bits per heavy atom. The first-order chi connectivity index (χ1) is 9.86. The maximum atomic E-state index is 6.07. The molecule has 0 aliphatic rings. The number of nitrogen functional groups attached to an aromatic ring is 1. The highest BCUT2D eigenvalue weighted by molar-refractivity contribution is 6.30. The van der Waals surface area contributed by atoms with Gasteiger partial charge in [-0.3, -0.25) is 4.40 Å². The Hall–Kier alpha value is -2.07. The summed E-state index contributed by atoms with van der Waals surface area (Å²) in [4.78, 5) is 0. The number of fused-ring (bicyclic) bond motifs is 1. The second-order valence-electron chi connectivity index (χ2n) is 6.16. The number of rotatable bonds is 1. The fourth-order valence-corrected chi connectivity index (χ4v) is 2.52. The van der Waals surface area contributed by atoms with E-state index in [-0.39, 0.29) is 5.41 Å². The SMILES string of the molecule is CC(C)(C)c1ccc(-c2nnc3c(N)cc(Cl)cn23)cc1. The van der Waals surface area contributed by atoms with Crippen molar-refractivity contribution in [2.75, 3.05) is 5.73 Å². The third-order valence-corrected chi connectivity index (χ3v) is 3.72. The molecule has 0 bridgehead atoms. The van der Waals surface area contributed by atoms with Gasteiger partial charge in [0.2, 0.25) is 0 Å². The Balaban J connectivity index is 2.13. The number of anilines is 1. The van der Waals surface area contributed by atoms with Crippen molar-refractivity contribution in [1.29, 1.82) is 0 Å². The molecule has 3 aromatic rings. The van der Waals surface area contributed by atoms with Crippen LogP contribution in [0.15, 0.2) is 36.5 Å². The van der Waals surface area contributed by atoms with E-state index in [1.54, 1.807) is 12.3 Å². The van der Waals surface area contributed by atoms with E-state index in [0.29, 0.717) is 16.4 Å². The highest BCUT2D eigenvalue weighted by Crippen LogP contribution is 2.27. The van der Waals surface area contributed by atoms with Crippen LogP contribution in [0.2, 0.25) is 5.02 Å². The van der Waals surface area contributed by atoms with E-state index in [1.807, 2.05) is 16.5 Å². The van der Waals surface area contributed by atoms with Crippen molar-refractivity contribution in [1.82, 2.24) is 14.6 Å². The lowest BCUT2D eigenvalue weighted by Gasteiger charge is -2.18. The van der Waals surface area contributed by atoms with Crippen molar-refractivity contribution in [3.05, 3.63) is 47.1 Å². The molecule has 0 saturated carbocycles. The van der Waals surface area contributed by atoms with Gasteiger partial charge < -0.3 is 5.73 Å². The van der Waals surface area contributed by atoms with Crippen molar-refractivity contribution in [3.8, 4) is 11.4 Å². The van der Waals surface area contributed by atoms with Gasteiger partial charge in [0.15, 0.2) is 11.5 Å². The van der Waals surface area contributed by atoms with E-state index < -0.39 is 0 Å². The highest BCUT2D eigenvalue weighted by Gasteiger charge is 2.15. The molecule has 0 radical (unpaired) electrons. The largest absolute Gasteiger partial charge is 0.396 e. The molecule has 4 nitrogen and oxygen atoms in total. The second-order valence-corrected chi connectivity index (χ2v) is 6.59. The lowest BCUT2D eigenvalue weighted by molar-refractivity contribution is 0.590. The van der Waals surface area contributed by atoms with Gasteiger partial charge in [0.25, 0.3) is 0 Å². The van der Waals surface area contributed by atoms with Gasteiger partial charge in [0, 0.05) is 11.8 Å². The second kappa shape index (κ2) is 4.74. The third kappa shape index (κ3) is 2.47. The Kier molecular flexibility index (Phi) is 3.14. The minimum absolute atomic E-state index is 0.124. The van der Waals surface area contributed by atoms with Gasteiger partial charge in [-0.2, -0.15) is 0 Å². The van der Waals surface area contributed by atoms with Crippen molar-refractivity contribution >= 4 is 22.9 Å². The summed E-state index contributed by atoms with van der Waals surface area (Å²) < 4.78 is 1.82. The molecule has 0 amide bonds. The maximum absolute atomic E-state index is 6.07. The van der Waals surface area contributed by atoms with Crippen molar-refractivity contribution in [2.45, 2.75) is 26.2 Å². The maximum Gasteiger partial charge on any atom is 0.184 e. The predicted molar refractivity (Wildman–Crippen MR) is 86.5 cm³/mol. The Morgan fingerprint density at radius 3 is 2.38 bits per heavy atom. The fourth-order valence-electron chi connectivity index (χ4n) is 2.30. The van der Waals surface area contributed by atoms with E-state index >= 15 is 0 Å². The van der Waals surface area contributed by atoms with Gasteiger partial charge >= 0.3 is 0 Å². The van der Waals surface area contributed by atoms with Gasteiger partial charge in [-0.05, 0) is 17.0 Å². The summed E-state index contributed by atoms with van der Waals surface area (Å²) in [6.45, 7) is 6.57. The lowest BCUT2D eigenvalue weighted by Crippen LogP contribution is -2.10. The minimum atomic E-state index is 0.124. The van der Waals surface area contributed by atoms with E-state index in [0.717, 1.165) is 11.4 Å². The number of pyridine rings is 1. The van der Waals surface area contributed by atoms with Crippen LogP contribution in [-0.4, -0.2) is 14.6 Å². The zero-order chi connectivity index (χ0) is 15.2. The number of aromatic nitrogens is 3. The molecule has 1 aromatic carbocycles. The third-order valence-electron chi connectivity index (χ3n) is 3.51. The standard InChI is InChI=1S/C16H17ClN4/c1-16(2,3)11-6-4-10(5-7-11)14-19-20-15-13(18)8-12(17)9-21(14)15/h4-9H,18H2,1-3H3. The van der Waals surface area contributed by atoms with Crippen LogP contribution in [0, 0.1) is 0 Å². The van der Waals surface area contributed by atoms with Crippen molar-refractivity contribution in [3.63, 3.8) is 0 Å². The Morgan fingerprint density at radius 1 is 1.10 bits per heavy atom. The van der Waals surface area contributed by atoms with Crippen LogP contribution in [0.25, 0.3) is 17.0 Å². The summed E-state index contributed by atoms with van der Waals surface area (Å²) in [7, 11) is 0. The lowest BCUT2D eigenvalue weighted by atomic mass is 9.87. The molecule has 21 heavy (non-hydrogen) atoms. The predicted octanol–water partition coefficient (Wildman–Crippen LogP) is 3.93.